The molecule has 5 rings (SSSR count). The largest absolute Gasteiger partial charge is 0.368 e. The van der Waals surface area contributed by atoms with Crippen LogP contribution in [0.25, 0.3) is 11.3 Å². The average Bonchev–Trinajstić information content (AvgIpc) is 3.19. The normalized spacial score (nSPS) is 28.9. The molecule has 8 heteroatoms. The van der Waals surface area contributed by atoms with Crippen LogP contribution in [-0.4, -0.2) is 46.9 Å². The third kappa shape index (κ3) is 3.19. The quantitative estimate of drug-likeness (QED) is 0.837. The lowest BCUT2D eigenvalue weighted by Gasteiger charge is -2.55. The Morgan fingerprint density at radius 1 is 1.21 bits per heavy atom. The summed E-state index contributed by atoms with van der Waals surface area (Å²) in [6.07, 6.45) is 3.24. The van der Waals surface area contributed by atoms with Gasteiger partial charge in [-0.15, -0.1) is 11.3 Å². The molecule has 0 radical (unpaired) electrons. The van der Waals surface area contributed by atoms with Crippen molar-refractivity contribution in [2.45, 2.75) is 37.8 Å². The number of aromatic nitrogens is 1. The molecule has 1 aromatic carbocycles. The summed E-state index contributed by atoms with van der Waals surface area (Å²) in [5.41, 5.74) is 7.45. The third-order valence-corrected chi connectivity index (χ3v) is 7.44. The van der Waals surface area contributed by atoms with Gasteiger partial charge in [0.15, 0.2) is 5.13 Å². The summed E-state index contributed by atoms with van der Waals surface area (Å²) >= 11 is 1.56. The number of hydrogen-bond donors (Lipinski definition) is 1. The van der Waals surface area contributed by atoms with Gasteiger partial charge in [0.1, 0.15) is 11.9 Å². The van der Waals surface area contributed by atoms with Crippen molar-refractivity contribution in [3.8, 4) is 11.3 Å². The maximum absolute atomic E-state index is 13.2. The first-order valence-corrected chi connectivity index (χ1v) is 11.0. The summed E-state index contributed by atoms with van der Waals surface area (Å²) in [6.45, 7) is 1.49. The van der Waals surface area contributed by atoms with Gasteiger partial charge in [-0.2, -0.15) is 0 Å². The van der Waals surface area contributed by atoms with Crippen molar-refractivity contribution in [2.75, 3.05) is 18.0 Å². The maximum Gasteiger partial charge on any atom is 0.240 e. The van der Waals surface area contributed by atoms with Gasteiger partial charge in [-0.1, -0.05) is 0 Å². The van der Waals surface area contributed by atoms with Crippen molar-refractivity contribution >= 4 is 28.3 Å². The number of nitrogens with two attached hydrogens (primary N) is 1. The lowest BCUT2D eigenvalue weighted by atomic mass is 9.72. The van der Waals surface area contributed by atoms with E-state index in [1.54, 1.807) is 23.5 Å². The molecule has 1 aromatic heterocycles. The second-order valence-corrected chi connectivity index (χ2v) is 9.13. The molecule has 29 heavy (non-hydrogen) atoms. The monoisotopic (exact) mass is 414 g/mol. The zero-order valence-electron chi connectivity index (χ0n) is 16.0. The van der Waals surface area contributed by atoms with Gasteiger partial charge >= 0.3 is 0 Å². The lowest BCUT2D eigenvalue weighted by Crippen LogP contribution is -2.68. The number of carbonyl (C=O) groups is 2. The van der Waals surface area contributed by atoms with Gasteiger partial charge in [0.25, 0.3) is 0 Å². The van der Waals surface area contributed by atoms with Gasteiger partial charge in [-0.05, 0) is 49.4 Å². The predicted molar refractivity (Wildman–Crippen MR) is 109 cm³/mol. The van der Waals surface area contributed by atoms with Crippen molar-refractivity contribution < 1.29 is 14.0 Å². The van der Waals surface area contributed by atoms with E-state index < -0.39 is 11.9 Å². The molecule has 2 bridgehead atoms. The number of rotatable bonds is 3. The number of thiazole rings is 1. The van der Waals surface area contributed by atoms with Gasteiger partial charge in [0.05, 0.1) is 5.69 Å². The number of piperidine rings is 3. The van der Waals surface area contributed by atoms with Crippen LogP contribution in [0.3, 0.4) is 0 Å². The molecular weight excluding hydrogens is 391 g/mol. The summed E-state index contributed by atoms with van der Waals surface area (Å²) < 4.78 is 13.2. The second-order valence-electron chi connectivity index (χ2n) is 8.29. The van der Waals surface area contributed by atoms with Crippen LogP contribution in [0.2, 0.25) is 0 Å². The van der Waals surface area contributed by atoms with Crippen LogP contribution in [0.1, 0.15) is 25.7 Å². The van der Waals surface area contributed by atoms with Gasteiger partial charge < -0.3 is 15.5 Å². The summed E-state index contributed by atoms with van der Waals surface area (Å²) in [7, 11) is 0. The number of fused-ring (bicyclic) bond motifs is 4. The van der Waals surface area contributed by atoms with Crippen LogP contribution in [0.5, 0.6) is 0 Å². The number of anilines is 1. The van der Waals surface area contributed by atoms with Gasteiger partial charge in [-0.3, -0.25) is 9.59 Å². The topological polar surface area (TPSA) is 79.5 Å². The zero-order chi connectivity index (χ0) is 20.1. The standard InChI is InChI=1S/C21H23FN4O2S/c22-15-6-4-12(5-7-15)16-11-29-21(24-16)25-9-13-8-14(10-25)19(20(23)28)26-17(13)2-1-3-18(26)27/h4-7,11,13-14,17,19H,1-3,8-10H2,(H2,23,28)/t13-,14+,17+,19-/m1/s1. The average molecular weight is 415 g/mol. The highest BCUT2D eigenvalue weighted by Crippen LogP contribution is 2.43. The molecule has 2 N–H and O–H groups in total. The van der Waals surface area contributed by atoms with Crippen LogP contribution < -0.4 is 10.6 Å². The molecule has 3 saturated heterocycles. The number of carbonyl (C=O) groups excluding carboxylic acids is 2. The van der Waals surface area contributed by atoms with E-state index in [2.05, 4.69) is 4.90 Å². The van der Waals surface area contributed by atoms with Crippen LogP contribution in [-0.2, 0) is 9.59 Å². The van der Waals surface area contributed by atoms with Crippen LogP contribution in [0.4, 0.5) is 9.52 Å². The predicted octanol–water partition coefficient (Wildman–Crippen LogP) is 2.64. The molecular formula is C21H23FN4O2S. The summed E-state index contributed by atoms with van der Waals surface area (Å²) in [4.78, 5) is 33.7. The first-order chi connectivity index (χ1) is 14.0. The molecule has 0 saturated carbocycles. The fraction of sp³-hybridized carbons (Fsp3) is 0.476. The molecule has 3 aliphatic heterocycles. The van der Waals surface area contributed by atoms with E-state index in [1.165, 1.54) is 12.1 Å². The second kappa shape index (κ2) is 7.09. The van der Waals surface area contributed by atoms with E-state index in [0.717, 1.165) is 42.2 Å². The van der Waals surface area contributed by atoms with Crippen molar-refractivity contribution in [3.63, 3.8) is 0 Å². The lowest BCUT2D eigenvalue weighted by molar-refractivity contribution is -0.155. The number of amides is 2. The Morgan fingerprint density at radius 2 is 1.97 bits per heavy atom. The fourth-order valence-corrected chi connectivity index (χ4v) is 6.20. The summed E-state index contributed by atoms with van der Waals surface area (Å²) in [6, 6.07) is 5.90. The molecule has 3 fully saturated rings. The van der Waals surface area contributed by atoms with Crippen LogP contribution in [0, 0.1) is 17.7 Å². The van der Waals surface area contributed by atoms with Gasteiger partial charge in [0, 0.05) is 42.4 Å². The molecule has 2 amide bonds. The van der Waals surface area contributed by atoms with Crippen molar-refractivity contribution in [3.05, 3.63) is 35.5 Å². The SMILES string of the molecule is NC(=O)[C@H]1[C@H]2C[C@H](CN(c3nc(-c4ccc(F)cc4)cs3)C2)[C@@H]2CCCC(=O)N21. The van der Waals surface area contributed by atoms with E-state index in [4.69, 9.17) is 10.7 Å². The minimum atomic E-state index is -0.525. The molecule has 0 aliphatic carbocycles. The van der Waals surface area contributed by atoms with Crippen LogP contribution >= 0.6 is 11.3 Å². The minimum absolute atomic E-state index is 0.0303. The zero-order valence-corrected chi connectivity index (χ0v) is 16.8. The Hall–Kier alpha value is -2.48. The molecule has 152 valence electrons. The fourth-order valence-electron chi connectivity index (χ4n) is 5.34. The highest BCUT2D eigenvalue weighted by Gasteiger charge is 2.51. The van der Waals surface area contributed by atoms with E-state index in [-0.39, 0.29) is 23.7 Å². The van der Waals surface area contributed by atoms with Crippen LogP contribution in [0.15, 0.2) is 29.6 Å². The summed E-state index contributed by atoms with van der Waals surface area (Å²) in [5, 5.41) is 2.88. The number of halogens is 1. The van der Waals surface area contributed by atoms with Crippen molar-refractivity contribution in [2.24, 2.45) is 17.6 Å². The maximum atomic E-state index is 13.2. The first kappa shape index (κ1) is 18.5. The summed E-state index contributed by atoms with van der Waals surface area (Å²) in [5.74, 6) is -0.241. The first-order valence-electron chi connectivity index (χ1n) is 10.1. The molecule has 4 atom stereocenters. The Kier molecular flexibility index (Phi) is 4.53. The minimum Gasteiger partial charge on any atom is -0.368 e. The van der Waals surface area contributed by atoms with Crippen molar-refractivity contribution in [1.82, 2.24) is 9.88 Å². The van der Waals surface area contributed by atoms with E-state index in [9.17, 15) is 14.0 Å². The number of primary amides is 1. The molecule has 6 nitrogen and oxygen atoms in total. The number of hydrogen-bond acceptors (Lipinski definition) is 5. The van der Waals surface area contributed by atoms with Gasteiger partial charge in [0.2, 0.25) is 11.8 Å². The third-order valence-electron chi connectivity index (χ3n) is 6.54. The molecule has 4 heterocycles. The molecule has 0 unspecified atom stereocenters. The Morgan fingerprint density at radius 3 is 2.72 bits per heavy atom. The Balaban J connectivity index is 1.42. The van der Waals surface area contributed by atoms with E-state index >= 15 is 0 Å². The highest BCUT2D eigenvalue weighted by molar-refractivity contribution is 7.14. The Labute approximate surface area is 172 Å². The number of nitrogens with zero attached hydrogens (tertiary/aromatic N) is 3. The smallest absolute Gasteiger partial charge is 0.240 e. The van der Waals surface area contributed by atoms with E-state index in [0.29, 0.717) is 18.9 Å². The van der Waals surface area contributed by atoms with Gasteiger partial charge in [-0.25, -0.2) is 9.37 Å². The number of benzene rings is 1. The Bertz CT molecular complexity index is 946. The van der Waals surface area contributed by atoms with E-state index in [1.807, 2.05) is 10.3 Å². The van der Waals surface area contributed by atoms with Crippen molar-refractivity contribution in [1.29, 1.82) is 0 Å². The molecule has 0 spiro atoms. The molecule has 3 aliphatic rings. The molecule has 2 aromatic rings. The highest BCUT2D eigenvalue weighted by atomic mass is 32.1.